The van der Waals surface area contributed by atoms with Crippen LogP contribution in [0.4, 0.5) is 0 Å². The van der Waals surface area contributed by atoms with Gasteiger partial charge in [-0.3, -0.25) is 9.59 Å². The zero-order valence-corrected chi connectivity index (χ0v) is 15.4. The topological polar surface area (TPSA) is 68.6 Å². The van der Waals surface area contributed by atoms with Gasteiger partial charge in [-0.25, -0.2) is 4.79 Å². The fourth-order valence-electron chi connectivity index (χ4n) is 3.63. The average Bonchev–Trinajstić information content (AvgIpc) is 3.47. The number of Topliss-reactive ketones (excluding diaryl/α,β-unsaturated/α-hetero) is 1. The lowest BCUT2D eigenvalue weighted by atomic mass is 10.0. The maximum Gasteiger partial charge on any atom is 0.354 e. The Balaban J connectivity index is 1.89. The second-order valence-corrected chi connectivity index (χ2v) is 7.06. The Morgan fingerprint density at radius 1 is 1.16 bits per heavy atom. The van der Waals surface area contributed by atoms with Crippen molar-refractivity contribution >= 4 is 17.7 Å². The second-order valence-electron chi connectivity index (χ2n) is 7.06. The molecule has 0 unspecified atom stereocenters. The number of carbonyl (C=O) groups is 3. The molecule has 0 aliphatic heterocycles. The van der Waals surface area contributed by atoms with Crippen LogP contribution in [-0.2, 0) is 16.1 Å². The van der Waals surface area contributed by atoms with E-state index in [4.69, 9.17) is 4.74 Å². The Morgan fingerprint density at radius 2 is 1.80 bits per heavy atom. The first-order chi connectivity index (χ1) is 11.9. The third-order valence-electron chi connectivity index (χ3n) is 5.25. The van der Waals surface area contributed by atoms with Gasteiger partial charge in [0.2, 0.25) is 5.91 Å². The third-order valence-corrected chi connectivity index (χ3v) is 5.25. The van der Waals surface area contributed by atoms with Gasteiger partial charge in [0.25, 0.3) is 0 Å². The molecule has 2 saturated carbocycles. The summed E-state index contributed by atoms with van der Waals surface area (Å²) >= 11 is 0. The largest absolute Gasteiger partial charge is 0.464 e. The quantitative estimate of drug-likeness (QED) is 0.562. The predicted molar refractivity (Wildman–Crippen MR) is 92.7 cm³/mol. The molecule has 6 nitrogen and oxygen atoms in total. The van der Waals surface area contributed by atoms with E-state index in [-0.39, 0.29) is 30.2 Å². The Bertz CT molecular complexity index is 726. The van der Waals surface area contributed by atoms with E-state index in [0.717, 1.165) is 31.4 Å². The average molecular weight is 346 g/mol. The molecule has 2 aliphatic rings. The van der Waals surface area contributed by atoms with Crippen LogP contribution in [0, 0.1) is 19.8 Å². The minimum absolute atomic E-state index is 0.0896. The van der Waals surface area contributed by atoms with Crippen LogP contribution in [-0.4, -0.2) is 46.8 Å². The van der Waals surface area contributed by atoms with Gasteiger partial charge in [-0.1, -0.05) is 0 Å². The number of methoxy groups -OCH3 is 1. The number of nitrogens with zero attached hydrogens (tertiary/aromatic N) is 2. The van der Waals surface area contributed by atoms with Gasteiger partial charge in [-0.2, -0.15) is 0 Å². The molecule has 2 aliphatic carbocycles. The van der Waals surface area contributed by atoms with Gasteiger partial charge >= 0.3 is 5.97 Å². The normalized spacial score (nSPS) is 16.6. The number of esters is 1. The molecule has 0 spiro atoms. The maximum absolute atomic E-state index is 13.0. The van der Waals surface area contributed by atoms with Crippen LogP contribution < -0.4 is 0 Å². The smallest absolute Gasteiger partial charge is 0.354 e. The Kier molecular flexibility index (Phi) is 4.71. The summed E-state index contributed by atoms with van der Waals surface area (Å²) in [5, 5.41) is 0. The van der Waals surface area contributed by atoms with Gasteiger partial charge in [0.15, 0.2) is 5.78 Å². The molecule has 1 amide bonds. The maximum atomic E-state index is 13.0. The monoisotopic (exact) mass is 346 g/mol. The van der Waals surface area contributed by atoms with Gasteiger partial charge < -0.3 is 14.2 Å². The highest BCUT2D eigenvalue weighted by Gasteiger charge is 2.41. The minimum atomic E-state index is -0.436. The van der Waals surface area contributed by atoms with E-state index >= 15 is 0 Å². The molecule has 1 heterocycles. The molecular weight excluding hydrogens is 320 g/mol. The molecule has 0 aromatic carbocycles. The predicted octanol–water partition coefficient (Wildman–Crippen LogP) is 2.50. The highest BCUT2D eigenvalue weighted by molar-refractivity contribution is 6.05. The molecule has 1 aromatic heterocycles. The van der Waals surface area contributed by atoms with Crippen molar-refractivity contribution in [3.8, 4) is 0 Å². The Labute approximate surface area is 148 Å². The Hall–Kier alpha value is -2.11. The molecule has 0 radical (unpaired) electrons. The highest BCUT2D eigenvalue weighted by atomic mass is 16.5. The lowest BCUT2D eigenvalue weighted by Gasteiger charge is -2.22. The van der Waals surface area contributed by atoms with E-state index in [9.17, 15) is 14.4 Å². The Morgan fingerprint density at radius 3 is 2.28 bits per heavy atom. The van der Waals surface area contributed by atoms with Gasteiger partial charge in [0, 0.05) is 29.8 Å². The molecular formula is C19H26N2O4. The molecule has 0 atom stereocenters. The van der Waals surface area contributed by atoms with E-state index in [2.05, 4.69) is 0 Å². The number of hydrogen-bond acceptors (Lipinski definition) is 4. The number of rotatable bonds is 7. The summed E-state index contributed by atoms with van der Waals surface area (Å²) in [4.78, 5) is 39.4. The molecule has 0 N–H and O–H groups in total. The first-order valence-corrected chi connectivity index (χ1v) is 9.02. The van der Waals surface area contributed by atoms with Crippen molar-refractivity contribution in [1.82, 2.24) is 9.47 Å². The van der Waals surface area contributed by atoms with Crippen molar-refractivity contribution in [1.29, 1.82) is 0 Å². The fourth-order valence-corrected chi connectivity index (χ4v) is 3.63. The number of hydrogen-bond donors (Lipinski definition) is 0. The minimum Gasteiger partial charge on any atom is -0.464 e. The van der Waals surface area contributed by atoms with Crippen molar-refractivity contribution in [3.63, 3.8) is 0 Å². The zero-order chi connectivity index (χ0) is 18.3. The molecule has 136 valence electrons. The van der Waals surface area contributed by atoms with Crippen LogP contribution in [0.15, 0.2) is 0 Å². The summed E-state index contributed by atoms with van der Waals surface area (Å²) in [6, 6.07) is 0.214. The second kappa shape index (κ2) is 6.65. The van der Waals surface area contributed by atoms with E-state index in [0.29, 0.717) is 23.4 Å². The first kappa shape index (κ1) is 17.7. The molecule has 3 rings (SSSR count). The van der Waals surface area contributed by atoms with E-state index in [1.54, 1.807) is 11.8 Å². The van der Waals surface area contributed by atoms with Crippen molar-refractivity contribution in [3.05, 3.63) is 22.5 Å². The molecule has 6 heteroatoms. The van der Waals surface area contributed by atoms with Crippen molar-refractivity contribution < 1.29 is 19.1 Å². The summed E-state index contributed by atoms with van der Waals surface area (Å²) < 4.78 is 6.70. The first-order valence-electron chi connectivity index (χ1n) is 9.02. The lowest BCUT2D eigenvalue weighted by molar-refractivity contribution is -0.132. The van der Waals surface area contributed by atoms with E-state index < -0.39 is 5.97 Å². The molecule has 1 aromatic rings. The molecule has 0 bridgehead atoms. The van der Waals surface area contributed by atoms with Gasteiger partial charge in [-0.05, 0) is 52.0 Å². The number of carbonyl (C=O) groups excluding carboxylic acids is 3. The van der Waals surface area contributed by atoms with Gasteiger partial charge in [-0.15, -0.1) is 0 Å². The van der Waals surface area contributed by atoms with E-state index in [1.165, 1.54) is 7.11 Å². The summed E-state index contributed by atoms with van der Waals surface area (Å²) in [6.07, 6.45) is 3.83. The van der Waals surface area contributed by atoms with Crippen LogP contribution in [0.2, 0.25) is 0 Å². The van der Waals surface area contributed by atoms with Crippen molar-refractivity contribution in [2.45, 2.75) is 59.0 Å². The number of aromatic nitrogens is 1. The highest BCUT2D eigenvalue weighted by Crippen LogP contribution is 2.36. The van der Waals surface area contributed by atoms with Gasteiger partial charge in [0.1, 0.15) is 5.69 Å². The van der Waals surface area contributed by atoms with E-state index in [1.807, 2.05) is 18.4 Å². The summed E-state index contributed by atoms with van der Waals surface area (Å²) in [5.41, 5.74) is 2.39. The van der Waals surface area contributed by atoms with Crippen LogP contribution in [0.25, 0.3) is 0 Å². The van der Waals surface area contributed by atoms with Crippen LogP contribution in [0.1, 0.15) is 64.7 Å². The third kappa shape index (κ3) is 3.22. The lowest BCUT2D eigenvalue weighted by Crippen LogP contribution is -2.38. The molecule has 2 fully saturated rings. The molecule has 25 heavy (non-hydrogen) atoms. The zero-order valence-electron chi connectivity index (χ0n) is 15.4. The van der Waals surface area contributed by atoms with Crippen molar-refractivity contribution in [2.75, 3.05) is 13.7 Å². The summed E-state index contributed by atoms with van der Waals surface area (Å²) in [6.45, 7) is 6.25. The standard InChI is InChI=1S/C19H26N2O4/c1-5-20-12(3)16(11(2)17(20)19(24)25-4)15(22)10-21(14-8-9-14)18(23)13-6-7-13/h13-14H,5-10H2,1-4H3. The SMILES string of the molecule is CCn1c(C)c(C(=O)CN(C(=O)C2CC2)C2CC2)c(C)c1C(=O)OC. The van der Waals surface area contributed by atoms with Crippen LogP contribution >= 0.6 is 0 Å². The van der Waals surface area contributed by atoms with Crippen molar-refractivity contribution in [2.24, 2.45) is 5.92 Å². The van der Waals surface area contributed by atoms with Gasteiger partial charge in [0.05, 0.1) is 13.7 Å². The number of amides is 1. The van der Waals surface area contributed by atoms with Crippen LogP contribution in [0.3, 0.4) is 0 Å². The number of ether oxygens (including phenoxy) is 1. The fraction of sp³-hybridized carbons (Fsp3) is 0.632. The molecule has 0 saturated heterocycles. The summed E-state index contributed by atoms with van der Waals surface area (Å²) in [5.74, 6) is -0.293. The summed E-state index contributed by atoms with van der Waals surface area (Å²) in [7, 11) is 1.34. The number of ketones is 1. The van der Waals surface area contributed by atoms with Crippen LogP contribution in [0.5, 0.6) is 0 Å².